The van der Waals surface area contributed by atoms with Gasteiger partial charge in [0.1, 0.15) is 0 Å². The molecule has 1 amide bonds. The molecule has 0 atom stereocenters. The van der Waals surface area contributed by atoms with Gasteiger partial charge in [-0.25, -0.2) is 13.2 Å². The second kappa shape index (κ2) is 8.68. The number of sulfone groups is 1. The topological polar surface area (TPSA) is 89.5 Å². The number of carbonyl (C=O) groups excluding carboxylic acids is 2. The van der Waals surface area contributed by atoms with Crippen LogP contribution in [-0.4, -0.2) is 32.7 Å². The first kappa shape index (κ1) is 19.7. The maximum atomic E-state index is 12.4. The predicted molar refractivity (Wildman–Crippen MR) is 92.6 cm³/mol. The van der Waals surface area contributed by atoms with Gasteiger partial charge >= 0.3 is 11.7 Å². The van der Waals surface area contributed by atoms with Gasteiger partial charge in [-0.2, -0.15) is 8.78 Å². The van der Waals surface area contributed by atoms with Crippen molar-refractivity contribution in [3.8, 4) is 0 Å². The Morgan fingerprint density at radius 3 is 2.46 bits per heavy atom. The van der Waals surface area contributed by atoms with E-state index in [0.717, 1.165) is 29.1 Å². The third kappa shape index (κ3) is 5.46. The number of benzene rings is 1. The largest absolute Gasteiger partial charge is 0.452 e. The molecule has 0 unspecified atom stereocenters. The first-order valence-electron chi connectivity index (χ1n) is 7.09. The number of rotatable bonds is 7. The number of esters is 1. The molecule has 0 saturated heterocycles. The maximum Gasteiger partial charge on any atom is 0.341 e. The quantitative estimate of drug-likeness (QED) is 0.569. The van der Waals surface area contributed by atoms with E-state index in [1.165, 1.54) is 17.4 Å². The Hall–Kier alpha value is -2.59. The summed E-state index contributed by atoms with van der Waals surface area (Å²) >= 11 is 1.43. The summed E-state index contributed by atoms with van der Waals surface area (Å²) in [5.41, 5.74) is 0.174. The maximum absolute atomic E-state index is 12.4. The first-order chi connectivity index (χ1) is 12.3. The molecule has 0 fully saturated rings. The molecule has 1 N–H and O–H groups in total. The van der Waals surface area contributed by atoms with Crippen molar-refractivity contribution in [2.24, 2.45) is 0 Å². The van der Waals surface area contributed by atoms with Gasteiger partial charge in [-0.3, -0.25) is 4.79 Å². The number of thiophene rings is 1. The molecule has 1 heterocycles. The highest BCUT2D eigenvalue weighted by atomic mass is 32.2. The second-order valence-corrected chi connectivity index (χ2v) is 7.73. The summed E-state index contributed by atoms with van der Waals surface area (Å²) in [6.45, 7) is -0.551. The van der Waals surface area contributed by atoms with Gasteiger partial charge in [0.2, 0.25) is 9.84 Å². The normalized spacial score (nSPS) is 11.7. The Labute approximate surface area is 152 Å². The van der Waals surface area contributed by atoms with Gasteiger partial charge in [-0.15, -0.1) is 11.3 Å². The Kier molecular flexibility index (Phi) is 6.58. The highest BCUT2D eigenvalue weighted by molar-refractivity contribution is 7.91. The van der Waals surface area contributed by atoms with Crippen LogP contribution >= 0.6 is 11.3 Å². The minimum atomic E-state index is -4.69. The molecule has 0 aliphatic rings. The summed E-state index contributed by atoms with van der Waals surface area (Å²) in [4.78, 5) is 23.5. The number of alkyl halides is 2. The van der Waals surface area contributed by atoms with E-state index in [2.05, 4.69) is 5.32 Å². The van der Waals surface area contributed by atoms with E-state index in [1.807, 2.05) is 11.4 Å². The molecule has 6 nitrogen and oxygen atoms in total. The van der Waals surface area contributed by atoms with Crippen LogP contribution in [0.15, 0.2) is 52.7 Å². The van der Waals surface area contributed by atoms with Crippen LogP contribution in [0.1, 0.15) is 4.88 Å². The van der Waals surface area contributed by atoms with Gasteiger partial charge < -0.3 is 10.1 Å². The molecular weight excluding hydrogens is 388 g/mol. The van der Waals surface area contributed by atoms with Crippen molar-refractivity contribution >= 4 is 44.8 Å². The van der Waals surface area contributed by atoms with Gasteiger partial charge in [-0.05, 0) is 41.8 Å². The zero-order valence-corrected chi connectivity index (χ0v) is 14.7. The van der Waals surface area contributed by atoms with Gasteiger partial charge in [0.25, 0.3) is 5.91 Å². The fourth-order valence-electron chi connectivity index (χ4n) is 1.75. The number of nitrogens with one attached hydrogen (secondary N) is 1. The molecule has 10 heteroatoms. The molecule has 0 aliphatic carbocycles. The van der Waals surface area contributed by atoms with Crippen LogP contribution in [-0.2, 0) is 24.2 Å². The molecule has 0 spiro atoms. The van der Waals surface area contributed by atoms with Crippen molar-refractivity contribution in [1.82, 2.24) is 0 Å². The molecule has 0 saturated carbocycles. The molecule has 0 bridgehead atoms. The van der Waals surface area contributed by atoms with E-state index in [0.29, 0.717) is 0 Å². The summed E-state index contributed by atoms with van der Waals surface area (Å²) in [6, 6.07) is 7.84. The lowest BCUT2D eigenvalue weighted by molar-refractivity contribution is -0.142. The van der Waals surface area contributed by atoms with Crippen molar-refractivity contribution in [3.63, 3.8) is 0 Å². The molecule has 2 aromatic rings. The van der Waals surface area contributed by atoms with E-state index < -0.39 is 39.0 Å². The van der Waals surface area contributed by atoms with Gasteiger partial charge in [0.15, 0.2) is 6.61 Å². The van der Waals surface area contributed by atoms with Crippen LogP contribution in [0.25, 0.3) is 6.08 Å². The molecule has 0 radical (unpaired) electrons. The molecule has 138 valence electrons. The number of amides is 1. The predicted octanol–water partition coefficient (Wildman–Crippen LogP) is 2.94. The summed E-state index contributed by atoms with van der Waals surface area (Å²) in [7, 11) is -4.69. The van der Waals surface area contributed by atoms with Crippen LogP contribution in [0.4, 0.5) is 14.5 Å². The zero-order valence-electron chi connectivity index (χ0n) is 13.1. The molecule has 26 heavy (non-hydrogen) atoms. The zero-order chi connectivity index (χ0) is 19.2. The van der Waals surface area contributed by atoms with E-state index in [-0.39, 0.29) is 5.69 Å². The SMILES string of the molecule is O=C(COC(=O)/C=C/c1cccs1)Nc1ccc(S(=O)(=O)C(F)F)cc1. The van der Waals surface area contributed by atoms with E-state index >= 15 is 0 Å². The number of hydrogen-bond acceptors (Lipinski definition) is 6. The van der Waals surface area contributed by atoms with Crippen LogP contribution in [0.3, 0.4) is 0 Å². The lowest BCUT2D eigenvalue weighted by atomic mass is 10.3. The Bertz CT molecular complexity index is 891. The van der Waals surface area contributed by atoms with Crippen molar-refractivity contribution in [3.05, 3.63) is 52.7 Å². The van der Waals surface area contributed by atoms with Gasteiger partial charge in [0, 0.05) is 16.6 Å². The monoisotopic (exact) mass is 401 g/mol. The Balaban J connectivity index is 1.85. The minimum Gasteiger partial charge on any atom is -0.452 e. The van der Waals surface area contributed by atoms with Crippen LogP contribution in [0.2, 0.25) is 0 Å². The highest BCUT2D eigenvalue weighted by Crippen LogP contribution is 2.20. The van der Waals surface area contributed by atoms with E-state index in [4.69, 9.17) is 4.74 Å². The number of ether oxygens (including phenoxy) is 1. The third-order valence-electron chi connectivity index (χ3n) is 2.97. The van der Waals surface area contributed by atoms with Crippen molar-refractivity contribution in [2.75, 3.05) is 11.9 Å². The van der Waals surface area contributed by atoms with Crippen LogP contribution in [0.5, 0.6) is 0 Å². The Morgan fingerprint density at radius 1 is 1.19 bits per heavy atom. The average molecular weight is 401 g/mol. The van der Waals surface area contributed by atoms with Crippen molar-refractivity contribution in [2.45, 2.75) is 10.7 Å². The molecule has 2 rings (SSSR count). The second-order valence-electron chi connectivity index (χ2n) is 4.83. The van der Waals surface area contributed by atoms with E-state index in [9.17, 15) is 26.8 Å². The number of halogens is 2. The summed E-state index contributed by atoms with van der Waals surface area (Å²) < 4.78 is 52.2. The minimum absolute atomic E-state index is 0.174. The average Bonchev–Trinajstić information content (AvgIpc) is 3.12. The summed E-state index contributed by atoms with van der Waals surface area (Å²) in [5.74, 6) is -4.89. The fourth-order valence-corrected chi connectivity index (χ4v) is 3.09. The fraction of sp³-hybridized carbons (Fsp3) is 0.125. The van der Waals surface area contributed by atoms with Gasteiger partial charge in [-0.1, -0.05) is 6.07 Å². The third-order valence-corrected chi connectivity index (χ3v) is 5.21. The number of anilines is 1. The molecule has 1 aromatic carbocycles. The molecule has 0 aliphatic heterocycles. The summed E-state index contributed by atoms with van der Waals surface area (Å²) in [5, 5.41) is 4.20. The van der Waals surface area contributed by atoms with E-state index in [1.54, 1.807) is 12.1 Å². The van der Waals surface area contributed by atoms with Crippen LogP contribution in [0, 0.1) is 0 Å². The molecular formula is C16H13F2NO5S2. The lowest BCUT2D eigenvalue weighted by Crippen LogP contribution is -2.20. The lowest BCUT2D eigenvalue weighted by Gasteiger charge is -2.07. The van der Waals surface area contributed by atoms with Crippen molar-refractivity contribution < 1.29 is 31.5 Å². The number of hydrogen-bond donors (Lipinski definition) is 1. The van der Waals surface area contributed by atoms with Crippen LogP contribution < -0.4 is 5.32 Å². The van der Waals surface area contributed by atoms with Crippen molar-refractivity contribution in [1.29, 1.82) is 0 Å². The Morgan fingerprint density at radius 2 is 1.88 bits per heavy atom. The number of carbonyl (C=O) groups is 2. The first-order valence-corrected chi connectivity index (χ1v) is 9.52. The standard InChI is InChI=1S/C16H13F2NO5S2/c17-16(18)26(22,23)13-6-3-11(4-7-13)19-14(20)10-24-15(21)8-5-12-2-1-9-25-12/h1-9,16H,10H2,(H,19,20)/b8-5+. The highest BCUT2D eigenvalue weighted by Gasteiger charge is 2.26. The summed E-state index contributed by atoms with van der Waals surface area (Å²) in [6.07, 6.45) is 2.73. The molecule has 1 aromatic heterocycles. The smallest absolute Gasteiger partial charge is 0.341 e. The van der Waals surface area contributed by atoms with Gasteiger partial charge in [0.05, 0.1) is 4.90 Å².